The largest absolute Gasteiger partial charge is 0.339 e. The first-order chi connectivity index (χ1) is 12.4. The van der Waals surface area contributed by atoms with Gasteiger partial charge in [0.1, 0.15) is 0 Å². The fraction of sp³-hybridized carbons (Fsp3) is 0.364. The highest BCUT2D eigenvalue weighted by molar-refractivity contribution is 5.95. The minimum atomic E-state index is -0.0449. The predicted molar refractivity (Wildman–Crippen MR) is 104 cm³/mol. The molecule has 1 saturated heterocycles. The number of benzene rings is 2. The van der Waals surface area contributed by atoms with Crippen molar-refractivity contribution in [1.29, 1.82) is 0 Å². The van der Waals surface area contributed by atoms with Crippen molar-refractivity contribution in [3.63, 3.8) is 0 Å². The molecule has 0 radical (unpaired) electrons. The molecule has 0 bridgehead atoms. The van der Waals surface area contributed by atoms with Crippen LogP contribution in [0.2, 0.25) is 0 Å². The van der Waals surface area contributed by atoms with Crippen LogP contribution in [0.3, 0.4) is 0 Å². The summed E-state index contributed by atoms with van der Waals surface area (Å²) in [4.78, 5) is 27.1. The van der Waals surface area contributed by atoms with Gasteiger partial charge in [0.25, 0.3) is 5.91 Å². The molecule has 0 aromatic heterocycles. The number of aryl methyl sites for hydroxylation is 3. The van der Waals surface area contributed by atoms with Gasteiger partial charge in [-0.15, -0.1) is 0 Å². The highest BCUT2D eigenvalue weighted by Crippen LogP contribution is 2.23. The minimum Gasteiger partial charge on any atom is -0.339 e. The van der Waals surface area contributed by atoms with Crippen molar-refractivity contribution in [2.45, 2.75) is 33.6 Å². The van der Waals surface area contributed by atoms with Crippen LogP contribution in [-0.4, -0.2) is 29.8 Å². The second-order valence-electron chi connectivity index (χ2n) is 7.24. The average Bonchev–Trinajstić information content (AvgIpc) is 2.64. The molecule has 1 aliphatic rings. The molecule has 4 heteroatoms. The van der Waals surface area contributed by atoms with E-state index in [1.807, 2.05) is 68.1 Å². The van der Waals surface area contributed by atoms with Gasteiger partial charge < -0.3 is 10.2 Å². The smallest absolute Gasteiger partial charge is 0.253 e. The van der Waals surface area contributed by atoms with Crippen LogP contribution in [0.1, 0.15) is 39.9 Å². The fourth-order valence-corrected chi connectivity index (χ4v) is 3.41. The maximum absolute atomic E-state index is 12.6. The van der Waals surface area contributed by atoms with Crippen molar-refractivity contribution < 1.29 is 9.59 Å². The Morgan fingerprint density at radius 1 is 0.962 bits per heavy atom. The topological polar surface area (TPSA) is 49.4 Å². The first-order valence-corrected chi connectivity index (χ1v) is 9.18. The number of amides is 2. The third-order valence-corrected chi connectivity index (χ3v) is 5.07. The number of piperidine rings is 1. The highest BCUT2D eigenvalue weighted by Gasteiger charge is 2.28. The van der Waals surface area contributed by atoms with Gasteiger partial charge in [0.2, 0.25) is 5.91 Å². The van der Waals surface area contributed by atoms with E-state index in [4.69, 9.17) is 0 Å². The predicted octanol–water partition coefficient (Wildman–Crippen LogP) is 4.10. The molecule has 136 valence electrons. The van der Waals surface area contributed by atoms with Gasteiger partial charge in [-0.3, -0.25) is 9.59 Å². The Labute approximate surface area is 155 Å². The molecule has 26 heavy (non-hydrogen) atoms. The lowest BCUT2D eigenvalue weighted by Crippen LogP contribution is -2.41. The Kier molecular flexibility index (Phi) is 5.40. The Bertz CT molecular complexity index is 821. The number of nitrogens with zero attached hydrogens (tertiary/aromatic N) is 1. The van der Waals surface area contributed by atoms with Crippen LogP contribution >= 0.6 is 0 Å². The van der Waals surface area contributed by atoms with Crippen molar-refractivity contribution in [2.75, 3.05) is 18.4 Å². The van der Waals surface area contributed by atoms with Gasteiger partial charge in [-0.1, -0.05) is 29.8 Å². The maximum Gasteiger partial charge on any atom is 0.253 e. The molecule has 1 aliphatic heterocycles. The summed E-state index contributed by atoms with van der Waals surface area (Å²) in [6.45, 7) is 7.25. The van der Waals surface area contributed by atoms with Crippen LogP contribution in [0, 0.1) is 26.7 Å². The van der Waals surface area contributed by atoms with Gasteiger partial charge in [-0.25, -0.2) is 0 Å². The maximum atomic E-state index is 12.6. The second kappa shape index (κ2) is 7.73. The zero-order valence-electron chi connectivity index (χ0n) is 15.7. The quantitative estimate of drug-likeness (QED) is 0.906. The minimum absolute atomic E-state index is 0.0449. The van der Waals surface area contributed by atoms with Crippen molar-refractivity contribution >= 4 is 17.5 Å². The molecule has 2 aromatic rings. The SMILES string of the molecule is Cc1cccc(C(=O)N2CCC(C(=O)Nc3cc(C)ccc3C)CC2)c1. The van der Waals surface area contributed by atoms with Crippen LogP contribution < -0.4 is 5.32 Å². The van der Waals surface area contributed by atoms with Crippen LogP contribution in [0.25, 0.3) is 0 Å². The van der Waals surface area contributed by atoms with Crippen molar-refractivity contribution in [3.8, 4) is 0 Å². The average molecular weight is 350 g/mol. The molecule has 0 atom stereocenters. The molecular weight excluding hydrogens is 324 g/mol. The number of anilines is 1. The number of carbonyl (C=O) groups excluding carboxylic acids is 2. The van der Waals surface area contributed by atoms with Crippen LogP contribution in [0.5, 0.6) is 0 Å². The Balaban J connectivity index is 1.58. The summed E-state index contributed by atoms with van der Waals surface area (Å²) >= 11 is 0. The summed E-state index contributed by atoms with van der Waals surface area (Å²) in [5.41, 5.74) is 4.88. The molecule has 0 spiro atoms. The van der Waals surface area contributed by atoms with E-state index >= 15 is 0 Å². The zero-order valence-corrected chi connectivity index (χ0v) is 15.7. The molecular formula is C22H26N2O2. The van der Waals surface area contributed by atoms with Gasteiger partial charge >= 0.3 is 0 Å². The van der Waals surface area contributed by atoms with Crippen molar-refractivity contribution in [3.05, 3.63) is 64.7 Å². The van der Waals surface area contributed by atoms with Gasteiger partial charge in [-0.2, -0.15) is 0 Å². The second-order valence-corrected chi connectivity index (χ2v) is 7.24. The number of hydrogen-bond donors (Lipinski definition) is 1. The lowest BCUT2D eigenvalue weighted by Gasteiger charge is -2.31. The third kappa shape index (κ3) is 4.13. The summed E-state index contributed by atoms with van der Waals surface area (Å²) in [6, 6.07) is 13.7. The van der Waals surface area contributed by atoms with Gasteiger partial charge in [0, 0.05) is 30.3 Å². The van der Waals surface area contributed by atoms with Crippen LogP contribution in [-0.2, 0) is 4.79 Å². The fourth-order valence-electron chi connectivity index (χ4n) is 3.41. The van der Waals surface area contributed by atoms with E-state index in [0.717, 1.165) is 27.9 Å². The first kappa shape index (κ1) is 18.2. The van der Waals surface area contributed by atoms with E-state index in [9.17, 15) is 9.59 Å². The molecule has 3 rings (SSSR count). The van der Waals surface area contributed by atoms with Gasteiger partial charge in [-0.05, 0) is 62.9 Å². The molecule has 0 aliphatic carbocycles. The molecule has 0 unspecified atom stereocenters. The summed E-state index contributed by atoms with van der Waals surface area (Å²) in [5, 5.41) is 3.06. The summed E-state index contributed by atoms with van der Waals surface area (Å²) in [7, 11) is 0. The summed E-state index contributed by atoms with van der Waals surface area (Å²) < 4.78 is 0. The Morgan fingerprint density at radius 2 is 1.65 bits per heavy atom. The number of carbonyl (C=O) groups is 2. The van der Waals surface area contributed by atoms with Crippen LogP contribution in [0.4, 0.5) is 5.69 Å². The Hall–Kier alpha value is -2.62. The van der Waals surface area contributed by atoms with E-state index in [0.29, 0.717) is 25.9 Å². The van der Waals surface area contributed by atoms with E-state index < -0.39 is 0 Å². The normalized spacial score (nSPS) is 15.0. The van der Waals surface area contributed by atoms with Crippen LogP contribution in [0.15, 0.2) is 42.5 Å². The number of rotatable bonds is 3. The molecule has 2 aromatic carbocycles. The van der Waals surface area contributed by atoms with E-state index in [1.54, 1.807) is 0 Å². The number of likely N-dealkylation sites (tertiary alicyclic amines) is 1. The molecule has 1 heterocycles. The lowest BCUT2D eigenvalue weighted by atomic mass is 9.95. The third-order valence-electron chi connectivity index (χ3n) is 5.07. The van der Waals surface area contributed by atoms with E-state index in [2.05, 4.69) is 5.32 Å². The molecule has 1 fully saturated rings. The first-order valence-electron chi connectivity index (χ1n) is 9.18. The van der Waals surface area contributed by atoms with E-state index in [1.165, 1.54) is 0 Å². The summed E-state index contributed by atoms with van der Waals surface area (Å²) in [5.74, 6) is 0.0694. The number of nitrogens with one attached hydrogen (secondary N) is 1. The zero-order chi connectivity index (χ0) is 18.7. The van der Waals surface area contributed by atoms with E-state index in [-0.39, 0.29) is 17.7 Å². The summed E-state index contributed by atoms with van der Waals surface area (Å²) in [6.07, 6.45) is 1.41. The highest BCUT2D eigenvalue weighted by atomic mass is 16.2. The van der Waals surface area contributed by atoms with Crippen molar-refractivity contribution in [2.24, 2.45) is 5.92 Å². The Morgan fingerprint density at radius 3 is 2.35 bits per heavy atom. The van der Waals surface area contributed by atoms with Crippen molar-refractivity contribution in [1.82, 2.24) is 4.90 Å². The molecule has 1 N–H and O–H groups in total. The molecule has 2 amide bonds. The lowest BCUT2D eigenvalue weighted by molar-refractivity contribution is -0.121. The van der Waals surface area contributed by atoms with Gasteiger partial charge in [0.15, 0.2) is 0 Å². The molecule has 4 nitrogen and oxygen atoms in total. The standard InChI is InChI=1S/C22H26N2O2/c1-15-5-4-6-19(13-15)22(26)24-11-9-18(10-12-24)21(25)23-20-14-16(2)7-8-17(20)3/h4-8,13-14,18H,9-12H2,1-3H3,(H,23,25). The molecule has 0 saturated carbocycles. The number of hydrogen-bond acceptors (Lipinski definition) is 2. The monoisotopic (exact) mass is 350 g/mol. The van der Waals surface area contributed by atoms with Gasteiger partial charge in [0.05, 0.1) is 0 Å².